The van der Waals surface area contributed by atoms with Gasteiger partial charge >= 0.3 is 0 Å². The Balaban J connectivity index is 1.99. The summed E-state index contributed by atoms with van der Waals surface area (Å²) in [5.41, 5.74) is 1.27. The van der Waals surface area contributed by atoms with Gasteiger partial charge in [0.25, 0.3) is 0 Å². The number of hydrogen-bond donors (Lipinski definition) is 0. The van der Waals surface area contributed by atoms with E-state index in [0.29, 0.717) is 6.04 Å². The highest BCUT2D eigenvalue weighted by molar-refractivity contribution is 14.1. The van der Waals surface area contributed by atoms with E-state index in [-0.39, 0.29) is 6.10 Å². The van der Waals surface area contributed by atoms with E-state index < -0.39 is 0 Å². The van der Waals surface area contributed by atoms with Gasteiger partial charge in [-0.15, -0.1) is 0 Å². The number of likely N-dealkylation sites (N-methyl/N-ethyl adjacent to an activating group) is 1. The zero-order valence-electron chi connectivity index (χ0n) is 12.8. The number of alkyl halides is 1. The average Bonchev–Trinajstić information content (AvgIpc) is 2.86. The molecule has 1 aliphatic rings. The van der Waals surface area contributed by atoms with E-state index in [2.05, 4.69) is 71.8 Å². The van der Waals surface area contributed by atoms with E-state index in [1.165, 1.54) is 31.4 Å². The highest BCUT2D eigenvalue weighted by Crippen LogP contribution is 2.33. The first-order chi connectivity index (χ1) is 9.63. The maximum atomic E-state index is 5.77. The normalized spacial score (nSPS) is 25.9. The van der Waals surface area contributed by atoms with Gasteiger partial charge in [-0.1, -0.05) is 59.3 Å². The predicted octanol–water partition coefficient (Wildman–Crippen LogP) is 4.30. The van der Waals surface area contributed by atoms with Crippen LogP contribution in [-0.2, 0) is 4.74 Å². The maximum absolute atomic E-state index is 5.77. The molecule has 0 spiro atoms. The van der Waals surface area contributed by atoms with E-state index >= 15 is 0 Å². The fraction of sp³-hybridized carbons (Fsp3) is 0.647. The summed E-state index contributed by atoms with van der Waals surface area (Å²) < 4.78 is 6.61. The van der Waals surface area contributed by atoms with Crippen molar-refractivity contribution in [3.8, 4) is 0 Å². The molecule has 0 aliphatic heterocycles. The molecule has 2 rings (SSSR count). The maximum Gasteiger partial charge on any atom is 0.0973 e. The Morgan fingerprint density at radius 2 is 2.00 bits per heavy atom. The molecule has 4 atom stereocenters. The molecule has 1 aromatic carbocycles. The van der Waals surface area contributed by atoms with Gasteiger partial charge in [0.15, 0.2) is 0 Å². The molecular formula is C17H26INO. The van der Waals surface area contributed by atoms with Crippen LogP contribution in [0.25, 0.3) is 0 Å². The molecule has 1 aliphatic carbocycles. The number of benzene rings is 1. The molecule has 3 heteroatoms. The van der Waals surface area contributed by atoms with Crippen LogP contribution in [-0.4, -0.2) is 35.6 Å². The monoisotopic (exact) mass is 387 g/mol. The lowest BCUT2D eigenvalue weighted by molar-refractivity contribution is 0.0255. The highest BCUT2D eigenvalue weighted by atomic mass is 127. The molecule has 0 radical (unpaired) electrons. The van der Waals surface area contributed by atoms with Gasteiger partial charge in [0.2, 0.25) is 0 Å². The Kier molecular flexibility index (Phi) is 6.30. The van der Waals surface area contributed by atoms with Crippen LogP contribution in [0.5, 0.6) is 0 Å². The third kappa shape index (κ3) is 3.95. The van der Waals surface area contributed by atoms with Crippen molar-refractivity contribution in [1.29, 1.82) is 0 Å². The van der Waals surface area contributed by atoms with Crippen molar-refractivity contribution >= 4 is 22.6 Å². The van der Waals surface area contributed by atoms with Gasteiger partial charge in [-0.2, -0.15) is 0 Å². The molecule has 0 saturated heterocycles. The standard InChI is InChI=1S/C17H26INO/c1-13(17(20-3)14-8-5-4-6-9-14)19(2)12-15-10-7-11-16(15)18/h4-6,8-9,13,15-17H,7,10-12H2,1-3H3/t13-,15?,16?,17-/m0/s1. The number of ether oxygens (including phenoxy) is 1. The zero-order valence-corrected chi connectivity index (χ0v) is 14.9. The molecule has 0 aromatic heterocycles. The topological polar surface area (TPSA) is 12.5 Å². The molecule has 2 unspecified atom stereocenters. The lowest BCUT2D eigenvalue weighted by Gasteiger charge is -2.33. The smallest absolute Gasteiger partial charge is 0.0973 e. The van der Waals surface area contributed by atoms with Crippen molar-refractivity contribution in [2.75, 3.05) is 20.7 Å². The molecule has 1 saturated carbocycles. The third-order valence-corrected chi connectivity index (χ3v) is 6.24. The second-order valence-corrected chi connectivity index (χ2v) is 7.55. The SMILES string of the molecule is CO[C@H](c1ccccc1)[C@H](C)N(C)CC1CCCC1I. The second-order valence-electron chi connectivity index (χ2n) is 5.95. The van der Waals surface area contributed by atoms with Crippen molar-refractivity contribution in [2.45, 2.75) is 42.3 Å². The molecule has 20 heavy (non-hydrogen) atoms. The Morgan fingerprint density at radius 1 is 1.30 bits per heavy atom. The van der Waals surface area contributed by atoms with Gasteiger partial charge in [-0.3, -0.25) is 0 Å². The van der Waals surface area contributed by atoms with Crippen LogP contribution in [0.4, 0.5) is 0 Å². The van der Waals surface area contributed by atoms with Crippen LogP contribution in [0.15, 0.2) is 30.3 Å². The van der Waals surface area contributed by atoms with E-state index in [4.69, 9.17) is 4.74 Å². The molecule has 0 N–H and O–H groups in total. The summed E-state index contributed by atoms with van der Waals surface area (Å²) in [7, 11) is 4.06. The fourth-order valence-electron chi connectivity index (χ4n) is 3.22. The minimum absolute atomic E-state index is 0.148. The van der Waals surface area contributed by atoms with Gasteiger partial charge in [0.05, 0.1) is 6.10 Å². The van der Waals surface area contributed by atoms with E-state index in [1.807, 2.05) is 7.11 Å². The Morgan fingerprint density at radius 3 is 2.55 bits per heavy atom. The molecule has 112 valence electrons. The van der Waals surface area contributed by atoms with Crippen LogP contribution in [0.2, 0.25) is 0 Å². The second kappa shape index (κ2) is 7.76. The number of nitrogens with zero attached hydrogens (tertiary/aromatic N) is 1. The number of hydrogen-bond acceptors (Lipinski definition) is 2. The first-order valence-electron chi connectivity index (χ1n) is 7.55. The number of halogens is 1. The van der Waals surface area contributed by atoms with Gasteiger partial charge in [-0.05, 0) is 38.3 Å². The minimum Gasteiger partial charge on any atom is -0.375 e. The molecule has 0 bridgehead atoms. The molecule has 0 heterocycles. The predicted molar refractivity (Wildman–Crippen MR) is 93.4 cm³/mol. The van der Waals surface area contributed by atoms with Crippen LogP contribution >= 0.6 is 22.6 Å². The lowest BCUT2D eigenvalue weighted by atomic mass is 10.0. The van der Waals surface area contributed by atoms with E-state index in [1.54, 1.807) is 0 Å². The van der Waals surface area contributed by atoms with Crippen LogP contribution < -0.4 is 0 Å². The third-order valence-electron chi connectivity index (χ3n) is 4.60. The van der Waals surface area contributed by atoms with Crippen LogP contribution in [0.3, 0.4) is 0 Å². The highest BCUT2D eigenvalue weighted by Gasteiger charge is 2.29. The number of methoxy groups -OCH3 is 1. The van der Waals surface area contributed by atoms with Crippen molar-refractivity contribution in [3.05, 3.63) is 35.9 Å². The Hall–Kier alpha value is -0.130. The summed E-state index contributed by atoms with van der Waals surface area (Å²) in [6.07, 6.45) is 4.32. The van der Waals surface area contributed by atoms with Gasteiger partial charge < -0.3 is 9.64 Å². The summed E-state index contributed by atoms with van der Waals surface area (Å²) >= 11 is 2.63. The molecule has 0 amide bonds. The lowest BCUT2D eigenvalue weighted by Crippen LogP contribution is -2.39. The summed E-state index contributed by atoms with van der Waals surface area (Å²) in [5.74, 6) is 0.844. The molecule has 1 aromatic rings. The first-order valence-corrected chi connectivity index (χ1v) is 8.80. The molecule has 1 fully saturated rings. The van der Waals surface area contributed by atoms with Crippen LogP contribution in [0, 0.1) is 5.92 Å². The van der Waals surface area contributed by atoms with Crippen molar-refractivity contribution in [1.82, 2.24) is 4.90 Å². The first kappa shape index (κ1) is 16.2. The van der Waals surface area contributed by atoms with Gasteiger partial charge in [-0.25, -0.2) is 0 Å². The minimum atomic E-state index is 0.148. The molecular weight excluding hydrogens is 361 g/mol. The Labute approximate surface area is 137 Å². The molecule has 2 nitrogen and oxygen atoms in total. The summed E-state index contributed by atoms with van der Waals surface area (Å²) in [4.78, 5) is 2.48. The van der Waals surface area contributed by atoms with Gasteiger partial charge in [0, 0.05) is 23.6 Å². The quantitative estimate of drug-likeness (QED) is 0.533. The summed E-state index contributed by atoms with van der Waals surface area (Å²) in [6, 6.07) is 11.0. The van der Waals surface area contributed by atoms with Crippen molar-refractivity contribution < 1.29 is 4.74 Å². The average molecular weight is 387 g/mol. The summed E-state index contributed by atoms with van der Waals surface area (Å²) in [6.45, 7) is 3.46. The van der Waals surface area contributed by atoms with Crippen molar-refractivity contribution in [2.24, 2.45) is 5.92 Å². The zero-order chi connectivity index (χ0) is 14.5. The van der Waals surface area contributed by atoms with E-state index in [9.17, 15) is 0 Å². The van der Waals surface area contributed by atoms with E-state index in [0.717, 1.165) is 9.84 Å². The fourth-order valence-corrected chi connectivity index (χ4v) is 4.25. The number of rotatable bonds is 6. The van der Waals surface area contributed by atoms with Gasteiger partial charge in [0.1, 0.15) is 0 Å². The Bertz CT molecular complexity index is 397. The van der Waals surface area contributed by atoms with Crippen molar-refractivity contribution in [3.63, 3.8) is 0 Å². The largest absolute Gasteiger partial charge is 0.375 e. The summed E-state index contributed by atoms with van der Waals surface area (Å²) in [5, 5.41) is 0. The van der Waals surface area contributed by atoms with Crippen LogP contribution in [0.1, 0.15) is 37.9 Å².